The summed E-state index contributed by atoms with van der Waals surface area (Å²) in [5.74, 6) is 0.755. The first kappa shape index (κ1) is 19.1. The fourth-order valence-corrected chi connectivity index (χ4v) is 2.32. The first-order valence-electron chi connectivity index (χ1n) is 7.54. The number of nitrogens with zero attached hydrogens (tertiary/aromatic N) is 1. The van der Waals surface area contributed by atoms with Crippen LogP contribution in [0, 0.1) is 0 Å². The summed E-state index contributed by atoms with van der Waals surface area (Å²) in [4.78, 5) is 12.1. The van der Waals surface area contributed by atoms with Crippen LogP contribution in [0.3, 0.4) is 0 Å². The molecule has 0 spiro atoms. The lowest BCUT2D eigenvalue weighted by molar-refractivity contribution is 0.0955. The summed E-state index contributed by atoms with van der Waals surface area (Å²) in [7, 11) is 1.56. The SMILES string of the molecule is COc1cccc(/C=N\NC(=O)c2ccc(Cl)c(Cl)c2)c1OC(C)C. The van der Waals surface area contributed by atoms with E-state index in [-0.39, 0.29) is 6.10 Å². The van der Waals surface area contributed by atoms with E-state index < -0.39 is 5.91 Å². The number of benzene rings is 2. The highest BCUT2D eigenvalue weighted by atomic mass is 35.5. The van der Waals surface area contributed by atoms with Gasteiger partial charge in [-0.2, -0.15) is 5.10 Å². The lowest BCUT2D eigenvalue weighted by atomic mass is 10.2. The van der Waals surface area contributed by atoms with Crippen molar-refractivity contribution in [2.45, 2.75) is 20.0 Å². The molecule has 0 atom stereocenters. The number of hydrogen-bond donors (Lipinski definition) is 1. The molecule has 5 nitrogen and oxygen atoms in total. The van der Waals surface area contributed by atoms with Crippen LogP contribution in [0.25, 0.3) is 0 Å². The number of carbonyl (C=O) groups is 1. The van der Waals surface area contributed by atoms with Crippen molar-refractivity contribution in [3.05, 3.63) is 57.6 Å². The Morgan fingerprint density at radius 2 is 1.96 bits per heavy atom. The summed E-state index contributed by atoms with van der Waals surface area (Å²) >= 11 is 11.7. The third-order valence-corrected chi connectivity index (χ3v) is 3.87. The predicted octanol–water partition coefficient (Wildman–Crippen LogP) is 4.55. The fraction of sp³-hybridized carbons (Fsp3) is 0.222. The Morgan fingerprint density at radius 3 is 2.60 bits per heavy atom. The van der Waals surface area contributed by atoms with Crippen molar-refractivity contribution in [2.75, 3.05) is 7.11 Å². The summed E-state index contributed by atoms with van der Waals surface area (Å²) in [6.45, 7) is 3.83. The Labute approximate surface area is 156 Å². The number of amides is 1. The fourth-order valence-electron chi connectivity index (χ4n) is 2.02. The van der Waals surface area contributed by atoms with E-state index in [0.29, 0.717) is 32.7 Å². The molecule has 0 aliphatic rings. The number of halogens is 2. The minimum atomic E-state index is -0.399. The van der Waals surface area contributed by atoms with Crippen LogP contribution < -0.4 is 14.9 Å². The Bertz CT molecular complexity index is 792. The van der Waals surface area contributed by atoms with E-state index in [4.69, 9.17) is 32.7 Å². The van der Waals surface area contributed by atoms with Gasteiger partial charge in [0.15, 0.2) is 11.5 Å². The maximum absolute atomic E-state index is 12.1. The molecule has 0 aliphatic carbocycles. The third kappa shape index (κ3) is 5.11. The number of hydrogen-bond acceptors (Lipinski definition) is 4. The first-order chi connectivity index (χ1) is 11.9. The quantitative estimate of drug-likeness (QED) is 0.590. The molecule has 2 rings (SSSR count). The number of carbonyl (C=O) groups excluding carboxylic acids is 1. The molecule has 0 aliphatic heterocycles. The van der Waals surface area contributed by atoms with Gasteiger partial charge in [-0.3, -0.25) is 4.79 Å². The van der Waals surface area contributed by atoms with Gasteiger partial charge >= 0.3 is 0 Å². The molecule has 0 fully saturated rings. The monoisotopic (exact) mass is 380 g/mol. The standard InChI is InChI=1S/C18H18Cl2N2O3/c1-11(2)25-17-13(5-4-6-16(17)24-3)10-21-22-18(23)12-7-8-14(19)15(20)9-12/h4-11H,1-3H3,(H,22,23)/b21-10-. The minimum Gasteiger partial charge on any atom is -0.493 e. The van der Waals surface area contributed by atoms with Crippen molar-refractivity contribution in [1.82, 2.24) is 5.43 Å². The summed E-state index contributed by atoms with van der Waals surface area (Å²) < 4.78 is 11.1. The van der Waals surface area contributed by atoms with Crippen LogP contribution in [0.2, 0.25) is 10.0 Å². The van der Waals surface area contributed by atoms with Gasteiger partial charge in [0, 0.05) is 11.1 Å². The molecular formula is C18H18Cl2N2O3. The van der Waals surface area contributed by atoms with Crippen molar-refractivity contribution < 1.29 is 14.3 Å². The molecular weight excluding hydrogens is 363 g/mol. The number of nitrogens with one attached hydrogen (secondary N) is 1. The van der Waals surface area contributed by atoms with E-state index in [0.717, 1.165) is 0 Å². The number of hydrazone groups is 1. The zero-order valence-corrected chi connectivity index (χ0v) is 15.6. The van der Waals surface area contributed by atoms with E-state index in [1.54, 1.807) is 25.3 Å². The molecule has 0 aromatic heterocycles. The molecule has 25 heavy (non-hydrogen) atoms. The van der Waals surface area contributed by atoms with Crippen molar-refractivity contribution in [2.24, 2.45) is 5.10 Å². The van der Waals surface area contributed by atoms with E-state index in [1.807, 2.05) is 26.0 Å². The predicted molar refractivity (Wildman–Crippen MR) is 100 cm³/mol. The second kappa shape index (κ2) is 8.74. The zero-order valence-electron chi connectivity index (χ0n) is 14.0. The molecule has 0 saturated carbocycles. The maximum Gasteiger partial charge on any atom is 0.271 e. The van der Waals surface area contributed by atoms with Crippen molar-refractivity contribution in [1.29, 1.82) is 0 Å². The maximum atomic E-state index is 12.1. The molecule has 0 radical (unpaired) electrons. The summed E-state index contributed by atoms with van der Waals surface area (Å²) in [5, 5.41) is 4.66. The zero-order chi connectivity index (χ0) is 18.4. The van der Waals surface area contributed by atoms with Crippen molar-refractivity contribution in [3.8, 4) is 11.5 Å². The number of rotatable bonds is 6. The molecule has 7 heteroatoms. The van der Waals surface area contributed by atoms with Gasteiger partial charge < -0.3 is 9.47 Å². The smallest absolute Gasteiger partial charge is 0.271 e. The van der Waals surface area contributed by atoms with Crippen molar-refractivity contribution >= 4 is 35.3 Å². The molecule has 0 heterocycles. The summed E-state index contributed by atoms with van der Waals surface area (Å²) in [5.41, 5.74) is 3.48. The van der Waals surface area contributed by atoms with Gasteiger partial charge in [-0.25, -0.2) is 5.43 Å². The average Bonchev–Trinajstić information content (AvgIpc) is 2.58. The molecule has 1 amide bonds. The van der Waals surface area contributed by atoms with Gasteiger partial charge in [-0.15, -0.1) is 0 Å². The van der Waals surface area contributed by atoms with E-state index in [2.05, 4.69) is 10.5 Å². The van der Waals surface area contributed by atoms with Gasteiger partial charge in [0.05, 0.1) is 29.5 Å². The minimum absolute atomic E-state index is 0.0331. The highest BCUT2D eigenvalue weighted by molar-refractivity contribution is 6.42. The third-order valence-electron chi connectivity index (χ3n) is 3.13. The molecule has 0 unspecified atom stereocenters. The van der Waals surface area contributed by atoms with Gasteiger partial charge in [0.2, 0.25) is 0 Å². The lowest BCUT2D eigenvalue weighted by Crippen LogP contribution is -2.17. The Hall–Kier alpha value is -2.24. The van der Waals surface area contributed by atoms with Gasteiger partial charge in [0.25, 0.3) is 5.91 Å². The topological polar surface area (TPSA) is 59.9 Å². The number of para-hydroxylation sites is 1. The summed E-state index contributed by atoms with van der Waals surface area (Å²) in [6, 6.07) is 10.0. The van der Waals surface area contributed by atoms with Gasteiger partial charge in [-0.1, -0.05) is 29.3 Å². The number of methoxy groups -OCH3 is 1. The number of ether oxygens (including phenoxy) is 2. The van der Waals surface area contributed by atoms with Gasteiger partial charge in [0.1, 0.15) is 0 Å². The van der Waals surface area contributed by atoms with E-state index in [9.17, 15) is 4.79 Å². The van der Waals surface area contributed by atoms with Crippen LogP contribution in [-0.4, -0.2) is 25.3 Å². The Kier molecular flexibility index (Phi) is 6.67. The lowest BCUT2D eigenvalue weighted by Gasteiger charge is -2.15. The molecule has 132 valence electrons. The van der Waals surface area contributed by atoms with Crippen LogP contribution in [-0.2, 0) is 0 Å². The van der Waals surface area contributed by atoms with Crippen LogP contribution in [0.4, 0.5) is 0 Å². The molecule has 2 aromatic carbocycles. The van der Waals surface area contributed by atoms with Crippen LogP contribution in [0.15, 0.2) is 41.5 Å². The highest BCUT2D eigenvalue weighted by Gasteiger charge is 2.11. The first-order valence-corrected chi connectivity index (χ1v) is 8.30. The average molecular weight is 381 g/mol. The highest BCUT2D eigenvalue weighted by Crippen LogP contribution is 2.31. The summed E-state index contributed by atoms with van der Waals surface area (Å²) in [6.07, 6.45) is 1.46. The Morgan fingerprint density at radius 1 is 1.20 bits per heavy atom. The molecule has 2 aromatic rings. The molecule has 0 saturated heterocycles. The van der Waals surface area contributed by atoms with Crippen LogP contribution in [0.5, 0.6) is 11.5 Å². The molecule has 0 bridgehead atoms. The second-order valence-electron chi connectivity index (χ2n) is 5.37. The Balaban J connectivity index is 2.16. The van der Waals surface area contributed by atoms with E-state index >= 15 is 0 Å². The largest absolute Gasteiger partial charge is 0.493 e. The van der Waals surface area contributed by atoms with E-state index in [1.165, 1.54) is 12.3 Å². The second-order valence-corrected chi connectivity index (χ2v) is 6.19. The normalized spacial score (nSPS) is 11.0. The van der Waals surface area contributed by atoms with Crippen LogP contribution in [0.1, 0.15) is 29.8 Å². The van der Waals surface area contributed by atoms with Crippen molar-refractivity contribution in [3.63, 3.8) is 0 Å². The molecule has 1 N–H and O–H groups in total. The van der Waals surface area contributed by atoms with Crippen LogP contribution >= 0.6 is 23.2 Å². The van der Waals surface area contributed by atoms with Gasteiger partial charge in [-0.05, 0) is 44.2 Å².